The van der Waals surface area contributed by atoms with Gasteiger partial charge in [-0.25, -0.2) is 4.68 Å². The molecule has 1 aromatic heterocycles. The third-order valence-electron chi connectivity index (χ3n) is 3.01. The number of carbonyl (C=O) groups is 1. The molecule has 0 fully saturated rings. The Kier molecular flexibility index (Phi) is 5.25. The van der Waals surface area contributed by atoms with E-state index in [1.807, 2.05) is 31.2 Å². The van der Waals surface area contributed by atoms with Crippen LogP contribution < -0.4 is 4.74 Å². The largest absolute Gasteiger partial charge is 0.486 e. The zero-order valence-electron chi connectivity index (χ0n) is 11.9. The molecule has 0 atom stereocenters. The predicted molar refractivity (Wildman–Crippen MR) is 74.8 cm³/mol. The van der Waals surface area contributed by atoms with Gasteiger partial charge < -0.3 is 9.84 Å². The van der Waals surface area contributed by atoms with Crippen LogP contribution in [0.2, 0.25) is 0 Å². The lowest BCUT2D eigenvalue weighted by Crippen LogP contribution is -2.09. The summed E-state index contributed by atoms with van der Waals surface area (Å²) in [4.78, 5) is 10.4. The van der Waals surface area contributed by atoms with Crippen LogP contribution in [0.5, 0.6) is 5.75 Å². The van der Waals surface area contributed by atoms with Gasteiger partial charge in [0.05, 0.1) is 0 Å². The van der Waals surface area contributed by atoms with Crippen LogP contribution in [0.3, 0.4) is 0 Å². The minimum Gasteiger partial charge on any atom is -0.486 e. The van der Waals surface area contributed by atoms with Crippen molar-refractivity contribution >= 4 is 5.97 Å². The quantitative estimate of drug-likeness (QED) is 0.746. The number of nitrogens with zero attached hydrogens (tertiary/aromatic N) is 4. The lowest BCUT2D eigenvalue weighted by Gasteiger charge is -2.07. The van der Waals surface area contributed by atoms with Gasteiger partial charge in [0.2, 0.25) is 0 Å². The predicted octanol–water partition coefficient (Wildman–Crippen LogP) is 1.82. The molecule has 1 heterocycles. The second-order valence-corrected chi connectivity index (χ2v) is 4.77. The first kappa shape index (κ1) is 15.0. The molecule has 0 aliphatic heterocycles. The molecular weight excluding hydrogens is 272 g/mol. The van der Waals surface area contributed by atoms with E-state index in [1.54, 1.807) is 4.68 Å². The van der Waals surface area contributed by atoms with Gasteiger partial charge in [-0.2, -0.15) is 0 Å². The van der Waals surface area contributed by atoms with Crippen molar-refractivity contribution in [3.63, 3.8) is 0 Å². The number of ether oxygens (including phenoxy) is 1. The number of tetrazole rings is 1. The first-order valence-electron chi connectivity index (χ1n) is 6.81. The Morgan fingerprint density at radius 2 is 2.05 bits per heavy atom. The number of aliphatic carboxylic acids is 1. The summed E-state index contributed by atoms with van der Waals surface area (Å²) in [5.41, 5.74) is 1.17. The Balaban J connectivity index is 1.82. The van der Waals surface area contributed by atoms with E-state index in [4.69, 9.17) is 9.84 Å². The molecule has 0 amide bonds. The molecule has 0 spiro atoms. The summed E-state index contributed by atoms with van der Waals surface area (Å²) in [6.07, 6.45) is 1.49. The van der Waals surface area contributed by atoms with Crippen LogP contribution in [-0.4, -0.2) is 31.3 Å². The Labute approximate surface area is 122 Å². The molecule has 2 rings (SSSR count). The Hall–Kier alpha value is -2.44. The second kappa shape index (κ2) is 7.37. The maximum atomic E-state index is 10.4. The van der Waals surface area contributed by atoms with Gasteiger partial charge in [-0.3, -0.25) is 4.79 Å². The van der Waals surface area contributed by atoms with E-state index in [1.165, 1.54) is 5.56 Å². The van der Waals surface area contributed by atoms with Crippen LogP contribution >= 0.6 is 0 Å². The van der Waals surface area contributed by atoms with Gasteiger partial charge in [-0.05, 0) is 42.3 Å². The summed E-state index contributed by atoms with van der Waals surface area (Å²) in [5.74, 6) is 0.613. The number of carboxylic acids is 1. The first-order chi connectivity index (χ1) is 10.1. The molecule has 7 heteroatoms. The molecule has 2 aromatic rings. The number of benzene rings is 1. The Morgan fingerprint density at radius 3 is 2.76 bits per heavy atom. The van der Waals surface area contributed by atoms with E-state index >= 15 is 0 Å². The number of aromatic nitrogens is 4. The number of carboxylic acid groups (broad SMARTS) is 1. The lowest BCUT2D eigenvalue weighted by atomic mass is 10.2. The SMILES string of the molecule is Cc1ccc(OCc2nnnn2CCCCC(=O)O)cc1. The highest BCUT2D eigenvalue weighted by Gasteiger charge is 2.07. The van der Waals surface area contributed by atoms with E-state index in [0.29, 0.717) is 18.8 Å². The maximum absolute atomic E-state index is 10.4. The highest BCUT2D eigenvalue weighted by atomic mass is 16.5. The third kappa shape index (κ3) is 4.87. The van der Waals surface area contributed by atoms with Crippen molar-refractivity contribution in [2.24, 2.45) is 0 Å². The smallest absolute Gasteiger partial charge is 0.303 e. The Morgan fingerprint density at radius 1 is 1.29 bits per heavy atom. The van der Waals surface area contributed by atoms with Gasteiger partial charge >= 0.3 is 5.97 Å². The van der Waals surface area contributed by atoms with Gasteiger partial charge in [0.15, 0.2) is 5.82 Å². The Bertz CT molecular complexity index is 580. The molecule has 7 nitrogen and oxygen atoms in total. The summed E-state index contributed by atoms with van der Waals surface area (Å²) in [6, 6.07) is 7.75. The highest BCUT2D eigenvalue weighted by molar-refractivity contribution is 5.66. The topological polar surface area (TPSA) is 90.1 Å². The van der Waals surface area contributed by atoms with Crippen LogP contribution in [0, 0.1) is 6.92 Å². The van der Waals surface area contributed by atoms with Gasteiger partial charge in [-0.1, -0.05) is 17.7 Å². The number of unbranched alkanes of at least 4 members (excludes halogenated alkanes) is 1. The molecule has 0 bridgehead atoms. The zero-order valence-corrected chi connectivity index (χ0v) is 11.9. The molecule has 1 aromatic carbocycles. The van der Waals surface area contributed by atoms with Crippen LogP contribution in [0.1, 0.15) is 30.7 Å². The van der Waals surface area contributed by atoms with E-state index in [0.717, 1.165) is 12.2 Å². The molecule has 0 unspecified atom stereocenters. The van der Waals surface area contributed by atoms with E-state index in [2.05, 4.69) is 15.5 Å². The van der Waals surface area contributed by atoms with Gasteiger partial charge in [0.25, 0.3) is 0 Å². The van der Waals surface area contributed by atoms with Crippen molar-refractivity contribution in [3.05, 3.63) is 35.7 Å². The summed E-state index contributed by atoms with van der Waals surface area (Å²) >= 11 is 0. The number of hydrogen-bond donors (Lipinski definition) is 1. The molecule has 112 valence electrons. The van der Waals surface area contributed by atoms with Crippen molar-refractivity contribution in [3.8, 4) is 5.75 Å². The van der Waals surface area contributed by atoms with Crippen LogP contribution in [0.4, 0.5) is 0 Å². The fraction of sp³-hybridized carbons (Fsp3) is 0.429. The monoisotopic (exact) mass is 290 g/mol. The minimum absolute atomic E-state index is 0.164. The summed E-state index contributed by atoms with van der Waals surface area (Å²) < 4.78 is 7.28. The fourth-order valence-electron chi connectivity index (χ4n) is 1.82. The summed E-state index contributed by atoms with van der Waals surface area (Å²) in [5, 5.41) is 20.0. The molecule has 0 radical (unpaired) electrons. The van der Waals surface area contributed by atoms with Crippen molar-refractivity contribution < 1.29 is 14.6 Å². The summed E-state index contributed by atoms with van der Waals surface area (Å²) in [7, 11) is 0. The zero-order chi connectivity index (χ0) is 15.1. The van der Waals surface area contributed by atoms with Gasteiger partial charge in [0.1, 0.15) is 12.4 Å². The first-order valence-corrected chi connectivity index (χ1v) is 6.81. The van der Waals surface area contributed by atoms with Crippen LogP contribution in [0.25, 0.3) is 0 Å². The molecule has 0 saturated carbocycles. The van der Waals surface area contributed by atoms with Crippen LogP contribution in [-0.2, 0) is 17.9 Å². The molecule has 0 aliphatic carbocycles. The normalized spacial score (nSPS) is 10.5. The fourth-order valence-corrected chi connectivity index (χ4v) is 1.82. The van der Waals surface area contributed by atoms with E-state index in [9.17, 15) is 4.79 Å². The maximum Gasteiger partial charge on any atom is 0.303 e. The number of hydrogen-bond acceptors (Lipinski definition) is 5. The van der Waals surface area contributed by atoms with Gasteiger partial charge in [-0.15, -0.1) is 5.10 Å². The summed E-state index contributed by atoms with van der Waals surface area (Å²) in [6.45, 7) is 2.89. The van der Waals surface area contributed by atoms with Crippen molar-refractivity contribution in [1.82, 2.24) is 20.2 Å². The van der Waals surface area contributed by atoms with Gasteiger partial charge in [0, 0.05) is 13.0 Å². The molecule has 21 heavy (non-hydrogen) atoms. The average Bonchev–Trinajstić information content (AvgIpc) is 2.90. The number of rotatable bonds is 8. The molecule has 1 N–H and O–H groups in total. The second-order valence-electron chi connectivity index (χ2n) is 4.77. The van der Waals surface area contributed by atoms with E-state index < -0.39 is 5.97 Å². The molecule has 0 saturated heterocycles. The van der Waals surface area contributed by atoms with E-state index in [-0.39, 0.29) is 13.0 Å². The van der Waals surface area contributed by atoms with Crippen molar-refractivity contribution in [2.75, 3.05) is 0 Å². The van der Waals surface area contributed by atoms with Crippen molar-refractivity contribution in [2.45, 2.75) is 39.3 Å². The number of aryl methyl sites for hydroxylation is 2. The van der Waals surface area contributed by atoms with Crippen LogP contribution in [0.15, 0.2) is 24.3 Å². The molecular formula is C14H18N4O3. The minimum atomic E-state index is -0.783. The standard InChI is InChI=1S/C14H18N4O3/c1-11-5-7-12(8-6-11)21-10-13-15-16-17-18(13)9-3-2-4-14(19)20/h5-8H,2-4,9-10H2,1H3,(H,19,20). The third-order valence-corrected chi connectivity index (χ3v) is 3.01. The molecule has 0 aliphatic rings. The average molecular weight is 290 g/mol. The lowest BCUT2D eigenvalue weighted by molar-refractivity contribution is -0.137. The van der Waals surface area contributed by atoms with Crippen molar-refractivity contribution in [1.29, 1.82) is 0 Å². The highest BCUT2D eigenvalue weighted by Crippen LogP contribution is 2.13.